The summed E-state index contributed by atoms with van der Waals surface area (Å²) in [7, 11) is 3.50. The van der Waals surface area contributed by atoms with E-state index in [4.69, 9.17) is 4.74 Å². The monoisotopic (exact) mass is 512 g/mol. The van der Waals surface area contributed by atoms with Crippen LogP contribution in [0.3, 0.4) is 0 Å². The number of anilines is 3. The molecular weight excluding hydrogens is 482 g/mol. The van der Waals surface area contributed by atoms with Crippen molar-refractivity contribution in [2.24, 2.45) is 0 Å². The molecule has 3 N–H and O–H groups in total. The zero-order valence-electron chi connectivity index (χ0n) is 20.8. The van der Waals surface area contributed by atoms with Gasteiger partial charge in [-0.25, -0.2) is 8.78 Å². The van der Waals surface area contributed by atoms with Crippen molar-refractivity contribution in [1.82, 2.24) is 15.1 Å². The van der Waals surface area contributed by atoms with E-state index in [2.05, 4.69) is 25.9 Å². The molecule has 0 spiro atoms. The summed E-state index contributed by atoms with van der Waals surface area (Å²) in [5, 5.41) is 13.5. The fourth-order valence-electron chi connectivity index (χ4n) is 4.42. The van der Waals surface area contributed by atoms with E-state index in [9.17, 15) is 18.4 Å². The number of rotatable bonds is 10. The Bertz CT molecular complexity index is 1300. The molecule has 0 saturated carbocycles. The average Bonchev–Trinajstić information content (AvgIpc) is 3.41. The summed E-state index contributed by atoms with van der Waals surface area (Å²) >= 11 is 0. The SMILES string of the molecule is CNCc1c(NCCOC)ccc(NC(=O)c2ccc(=O)n(-c3c(F)cccc3F)n2)c1N1CCCC1. The third kappa shape index (κ3) is 5.78. The van der Waals surface area contributed by atoms with Crippen LogP contribution < -0.4 is 26.4 Å². The van der Waals surface area contributed by atoms with Crippen molar-refractivity contribution in [2.45, 2.75) is 19.4 Å². The second-order valence-corrected chi connectivity index (χ2v) is 8.62. The van der Waals surface area contributed by atoms with Crippen molar-refractivity contribution in [3.8, 4) is 5.69 Å². The minimum Gasteiger partial charge on any atom is -0.383 e. The van der Waals surface area contributed by atoms with Gasteiger partial charge >= 0.3 is 0 Å². The van der Waals surface area contributed by atoms with E-state index in [0.717, 1.165) is 61.1 Å². The third-order valence-electron chi connectivity index (χ3n) is 6.11. The Morgan fingerprint density at radius 1 is 1.03 bits per heavy atom. The number of para-hydroxylation sites is 1. The van der Waals surface area contributed by atoms with Crippen LogP contribution in [-0.4, -0.2) is 56.1 Å². The van der Waals surface area contributed by atoms with Gasteiger partial charge in [0.15, 0.2) is 11.6 Å². The van der Waals surface area contributed by atoms with Crippen molar-refractivity contribution in [2.75, 3.05) is 55.9 Å². The molecule has 0 bridgehead atoms. The number of methoxy groups -OCH3 is 1. The van der Waals surface area contributed by atoms with Gasteiger partial charge in [-0.05, 0) is 50.2 Å². The van der Waals surface area contributed by atoms with E-state index in [1.807, 2.05) is 19.2 Å². The summed E-state index contributed by atoms with van der Waals surface area (Å²) in [6.07, 6.45) is 2.07. The molecule has 1 fully saturated rings. The van der Waals surface area contributed by atoms with E-state index in [-0.39, 0.29) is 5.69 Å². The number of aromatic nitrogens is 2. The molecule has 196 valence electrons. The number of carbonyl (C=O) groups is 1. The maximum Gasteiger partial charge on any atom is 0.276 e. The Kier molecular flexibility index (Phi) is 8.47. The van der Waals surface area contributed by atoms with Crippen molar-refractivity contribution in [3.05, 3.63) is 75.7 Å². The van der Waals surface area contributed by atoms with Gasteiger partial charge in [0.2, 0.25) is 0 Å². The molecule has 1 aromatic heterocycles. The molecule has 1 aliphatic rings. The maximum atomic E-state index is 14.3. The van der Waals surface area contributed by atoms with E-state index in [0.29, 0.717) is 30.1 Å². The van der Waals surface area contributed by atoms with Crippen molar-refractivity contribution < 1.29 is 18.3 Å². The standard InChI is InChI=1S/C26H30F2N6O3/c1-29-16-17-20(30-12-15-37-2)8-9-21(24(17)33-13-3-4-14-33)31-26(36)22-10-11-23(35)34(32-22)25-18(27)6-5-7-19(25)28/h5-11,29-30H,3-4,12-16H2,1-2H3,(H,31,36). The zero-order valence-corrected chi connectivity index (χ0v) is 20.8. The van der Waals surface area contributed by atoms with E-state index in [1.54, 1.807) is 7.11 Å². The van der Waals surface area contributed by atoms with Gasteiger partial charge in [0.25, 0.3) is 11.5 Å². The average molecular weight is 513 g/mol. The number of hydrogen-bond acceptors (Lipinski definition) is 7. The lowest BCUT2D eigenvalue weighted by Gasteiger charge is -2.27. The molecule has 1 amide bonds. The topological polar surface area (TPSA) is 101 Å². The fourth-order valence-corrected chi connectivity index (χ4v) is 4.42. The molecular formula is C26H30F2N6O3. The predicted molar refractivity (Wildman–Crippen MR) is 139 cm³/mol. The summed E-state index contributed by atoms with van der Waals surface area (Å²) in [5.41, 5.74) is 1.82. The van der Waals surface area contributed by atoms with E-state index >= 15 is 0 Å². The first-order chi connectivity index (χ1) is 17.9. The van der Waals surface area contributed by atoms with Gasteiger partial charge in [0.1, 0.15) is 11.4 Å². The lowest BCUT2D eigenvalue weighted by Crippen LogP contribution is -2.28. The number of nitrogens with one attached hydrogen (secondary N) is 3. The summed E-state index contributed by atoms with van der Waals surface area (Å²) < 4.78 is 34.4. The molecule has 4 rings (SSSR count). The summed E-state index contributed by atoms with van der Waals surface area (Å²) in [5.74, 6) is -2.53. The Labute approximate surface area is 213 Å². The molecule has 11 heteroatoms. The first-order valence-corrected chi connectivity index (χ1v) is 12.1. The Balaban J connectivity index is 1.71. The molecule has 9 nitrogen and oxygen atoms in total. The molecule has 2 aromatic carbocycles. The number of amides is 1. The van der Waals surface area contributed by atoms with E-state index in [1.165, 1.54) is 12.1 Å². The lowest BCUT2D eigenvalue weighted by atomic mass is 10.1. The zero-order chi connectivity index (χ0) is 26.4. The van der Waals surface area contributed by atoms with Crippen LogP contribution in [0, 0.1) is 11.6 Å². The van der Waals surface area contributed by atoms with Gasteiger partial charge in [-0.3, -0.25) is 9.59 Å². The van der Waals surface area contributed by atoms with Crippen molar-refractivity contribution in [1.29, 1.82) is 0 Å². The molecule has 3 aromatic rings. The highest BCUT2D eigenvalue weighted by molar-refractivity contribution is 6.05. The molecule has 0 aliphatic carbocycles. The minimum atomic E-state index is -0.961. The van der Waals surface area contributed by atoms with Gasteiger partial charge in [-0.15, -0.1) is 0 Å². The van der Waals surface area contributed by atoms with Crippen LogP contribution in [0.2, 0.25) is 0 Å². The molecule has 0 atom stereocenters. The lowest BCUT2D eigenvalue weighted by molar-refractivity contribution is 0.102. The van der Waals surface area contributed by atoms with Gasteiger partial charge in [-0.1, -0.05) is 6.07 Å². The van der Waals surface area contributed by atoms with Crippen LogP contribution >= 0.6 is 0 Å². The number of benzene rings is 2. The third-order valence-corrected chi connectivity index (χ3v) is 6.11. The number of carbonyl (C=O) groups excluding carboxylic acids is 1. The number of halogens is 2. The van der Waals surface area contributed by atoms with Crippen LogP contribution in [0.25, 0.3) is 5.69 Å². The Hall–Kier alpha value is -3.83. The summed E-state index contributed by atoms with van der Waals surface area (Å²) in [6, 6.07) is 9.22. The number of hydrogen-bond donors (Lipinski definition) is 3. The maximum absolute atomic E-state index is 14.3. The van der Waals surface area contributed by atoms with Gasteiger partial charge in [0.05, 0.1) is 18.0 Å². The van der Waals surface area contributed by atoms with Gasteiger partial charge < -0.3 is 25.6 Å². The van der Waals surface area contributed by atoms with Crippen LogP contribution in [0.15, 0.2) is 47.3 Å². The second-order valence-electron chi connectivity index (χ2n) is 8.62. The number of nitrogens with zero attached hydrogens (tertiary/aromatic N) is 3. The predicted octanol–water partition coefficient (Wildman–Crippen LogP) is 3.14. The molecule has 1 aliphatic heterocycles. The molecule has 0 unspecified atom stereocenters. The van der Waals surface area contributed by atoms with Crippen LogP contribution in [0.1, 0.15) is 28.9 Å². The molecule has 1 saturated heterocycles. The van der Waals surface area contributed by atoms with E-state index < -0.39 is 28.8 Å². The van der Waals surface area contributed by atoms with Gasteiger partial charge in [-0.2, -0.15) is 9.78 Å². The molecule has 37 heavy (non-hydrogen) atoms. The van der Waals surface area contributed by atoms with Crippen LogP contribution in [0.4, 0.5) is 25.8 Å². The second kappa shape index (κ2) is 11.9. The fraction of sp³-hybridized carbons (Fsp3) is 0.346. The normalized spacial score (nSPS) is 13.1. The van der Waals surface area contributed by atoms with Gasteiger partial charge in [0, 0.05) is 50.6 Å². The van der Waals surface area contributed by atoms with Crippen LogP contribution in [-0.2, 0) is 11.3 Å². The highest BCUT2D eigenvalue weighted by atomic mass is 19.1. The quantitative estimate of drug-likeness (QED) is 0.359. The largest absolute Gasteiger partial charge is 0.383 e. The minimum absolute atomic E-state index is 0.160. The highest BCUT2D eigenvalue weighted by Gasteiger charge is 2.24. The summed E-state index contributed by atoms with van der Waals surface area (Å²) in [6.45, 7) is 3.41. The van der Waals surface area contributed by atoms with Crippen molar-refractivity contribution in [3.63, 3.8) is 0 Å². The first-order valence-electron chi connectivity index (χ1n) is 12.1. The summed E-state index contributed by atoms with van der Waals surface area (Å²) in [4.78, 5) is 27.9. The van der Waals surface area contributed by atoms with Crippen molar-refractivity contribution >= 4 is 23.0 Å². The highest BCUT2D eigenvalue weighted by Crippen LogP contribution is 2.37. The molecule has 2 heterocycles. The van der Waals surface area contributed by atoms with Crippen LogP contribution in [0.5, 0.6) is 0 Å². The Morgan fingerprint density at radius 3 is 2.41 bits per heavy atom. The molecule has 0 radical (unpaired) electrons. The Morgan fingerprint density at radius 2 is 1.73 bits per heavy atom. The first kappa shape index (κ1) is 26.2. The number of ether oxygens (including phenoxy) is 1. The smallest absolute Gasteiger partial charge is 0.276 e.